The summed E-state index contributed by atoms with van der Waals surface area (Å²) < 4.78 is 101. The molecule has 0 unspecified atom stereocenters. The van der Waals surface area contributed by atoms with Gasteiger partial charge in [-0.05, 0) is 269 Å². The van der Waals surface area contributed by atoms with E-state index in [2.05, 4.69) is 152 Å². The molecule has 11 rings (SSSR count). The molecule has 11 aromatic heterocycles. The maximum Gasteiger partial charge on any atom is 0.280 e. The second kappa shape index (κ2) is 42.3. The Morgan fingerprint density at radius 2 is 0.670 bits per heavy atom. The van der Waals surface area contributed by atoms with E-state index in [9.17, 15) is 26.3 Å². The predicted molar refractivity (Wildman–Crippen MR) is 389 cm³/mol. The molecule has 0 aromatic carbocycles. The van der Waals surface area contributed by atoms with Crippen molar-refractivity contribution >= 4 is 56.7 Å². The zero-order valence-electron chi connectivity index (χ0n) is 61.1. The Labute approximate surface area is 578 Å². The molecule has 0 aliphatic carbocycles. The quantitative estimate of drug-likeness (QED) is 0.163. The summed E-state index contributed by atoms with van der Waals surface area (Å²) in [6.07, 6.45) is 3.02. The number of hydrogen-bond acceptors (Lipinski definition) is 11. The van der Waals surface area contributed by atoms with E-state index in [-0.39, 0.29) is 23.2 Å². The van der Waals surface area contributed by atoms with E-state index in [1.165, 1.54) is 118 Å². The molecule has 0 fully saturated rings. The van der Waals surface area contributed by atoms with Gasteiger partial charge in [0.2, 0.25) is 0 Å². The van der Waals surface area contributed by atoms with Crippen LogP contribution in [0.2, 0.25) is 0 Å². The summed E-state index contributed by atoms with van der Waals surface area (Å²) in [6, 6.07) is 7.35. The number of furan rings is 6. The Hall–Kier alpha value is -6.24. The number of aryl methyl sites for hydroxylation is 16. The van der Waals surface area contributed by atoms with Crippen LogP contribution < -0.4 is 0 Å². The number of thiophene rings is 5. The molecule has 0 spiro atoms. The molecule has 0 aliphatic heterocycles. The molecule has 6 nitrogen and oxygen atoms in total. The lowest BCUT2D eigenvalue weighted by molar-refractivity contribution is 0.342. The van der Waals surface area contributed by atoms with Crippen LogP contribution in [0.15, 0.2) is 102 Å². The molecule has 0 saturated carbocycles. The lowest BCUT2D eigenvalue weighted by Gasteiger charge is -2.02. The SMILES string of the molecule is Cc1c(F)csc1C(C)C.Cc1cc(C)c(C)o1.Cc1cc(F)c(C)o1.Cc1cc(F)oc1C.Cc1ccoc1C.Cc1csc(C(C)C)c1C.Cc1csc(C)c1C.Cc1oc(F)cc1F.Cc1occc1F.Cc1scc(C(C)C)c1C.Cc1scc(C(C)C)c1C. The molecule has 11 aromatic rings. The van der Waals surface area contributed by atoms with Crippen LogP contribution >= 0.6 is 56.7 Å². The largest absolute Gasteiger partial charge is 0.469 e. The Kier molecular flexibility index (Phi) is 38.6. The third-order valence-corrected chi connectivity index (χ3v) is 21.0. The van der Waals surface area contributed by atoms with Crippen molar-refractivity contribution < 1.29 is 52.8 Å². The minimum atomic E-state index is -0.875. The highest BCUT2D eigenvalue weighted by molar-refractivity contribution is 7.11. The second-order valence-electron chi connectivity index (χ2n) is 24.0. The van der Waals surface area contributed by atoms with Crippen LogP contribution in [0.3, 0.4) is 0 Å². The molecule has 0 amide bonds. The fourth-order valence-corrected chi connectivity index (χ4v) is 13.0. The minimum Gasteiger partial charge on any atom is -0.469 e. The fraction of sp³-hybridized carbons (Fsp3) is 0.429. The summed E-state index contributed by atoms with van der Waals surface area (Å²) in [4.78, 5) is 7.07. The maximum absolute atomic E-state index is 12.7. The number of hydrogen-bond donors (Lipinski definition) is 0. The van der Waals surface area contributed by atoms with E-state index in [4.69, 9.17) is 13.3 Å². The minimum absolute atomic E-state index is 0.0116. The predicted octanol–water partition coefficient (Wildman–Crippen LogP) is 28.2. The van der Waals surface area contributed by atoms with Gasteiger partial charge >= 0.3 is 0 Å². The Bertz CT molecular complexity index is 3340. The highest BCUT2D eigenvalue weighted by Crippen LogP contribution is 2.30. The van der Waals surface area contributed by atoms with Crippen molar-refractivity contribution in [1.82, 2.24) is 0 Å². The van der Waals surface area contributed by atoms with Gasteiger partial charge in [0, 0.05) is 48.0 Å². The summed E-state index contributed by atoms with van der Waals surface area (Å²) in [7, 11) is 0. The van der Waals surface area contributed by atoms with Crippen LogP contribution in [0.1, 0.15) is 216 Å². The van der Waals surface area contributed by atoms with Crippen LogP contribution in [0, 0.1) is 181 Å². The first-order valence-electron chi connectivity index (χ1n) is 31.1. The standard InChI is InChI=1S/3C9H14S.C8H11FS.C7H10O.C7H10S.2C6H7FO.C6H8O.C5H4F2O.C5H5FO/c2*1-6(2)9-5-10-8(4)7(9)3;1-6(2)9-8(4)7(3)5-10-9;1-5(2)8-6(3)7(9)4-10-8;1-5-4-6(2)8-7(5)3;1-5-4-8-7(3)6(5)2;1-4-3-6(7)5(2)8-4;1-4-3-6(7)8-5(4)2;1-5-3-4-7-6(5)2;1-3-4(6)2-5(7)8-3;1-4-5(6)2-3-7-4/h3*5-6H,1-4H3;4-5H,1-3H3;2*4H,1-3H3;2*3H,1-2H3;3-4H,1-2H3;2H,1H3;2-3H,1H3. The van der Waals surface area contributed by atoms with Gasteiger partial charge in [0.05, 0.1) is 18.6 Å². The highest BCUT2D eigenvalue weighted by Gasteiger charge is 2.11. The summed E-state index contributed by atoms with van der Waals surface area (Å²) in [5, 5.41) is 10.6. The Balaban J connectivity index is 0.000000518. The van der Waals surface area contributed by atoms with Crippen molar-refractivity contribution in [2.24, 2.45) is 0 Å². The third-order valence-electron chi connectivity index (χ3n) is 15.0. The van der Waals surface area contributed by atoms with Gasteiger partial charge < -0.3 is 26.5 Å². The van der Waals surface area contributed by atoms with Crippen molar-refractivity contribution in [3.63, 3.8) is 0 Å². The molecule has 0 bridgehead atoms. The molecule has 0 saturated heterocycles. The Morgan fingerprint density at radius 1 is 0.287 bits per heavy atom. The van der Waals surface area contributed by atoms with Crippen LogP contribution in [-0.4, -0.2) is 0 Å². The first-order valence-corrected chi connectivity index (χ1v) is 35.5. The van der Waals surface area contributed by atoms with Gasteiger partial charge in [-0.25, -0.2) is 17.6 Å². The molecule has 0 N–H and O–H groups in total. The highest BCUT2D eigenvalue weighted by atomic mass is 32.1. The number of rotatable bonds is 4. The molecule has 0 radical (unpaired) electrons. The van der Waals surface area contributed by atoms with E-state index in [1.54, 1.807) is 39.3 Å². The normalized spacial score (nSPS) is 10.2. The summed E-state index contributed by atoms with van der Waals surface area (Å²) in [6.45, 7) is 58.9. The van der Waals surface area contributed by atoms with Crippen molar-refractivity contribution in [3.8, 4) is 0 Å². The molecule has 0 atom stereocenters. The summed E-state index contributed by atoms with van der Waals surface area (Å²) >= 11 is 8.94. The van der Waals surface area contributed by atoms with Crippen LogP contribution in [-0.2, 0) is 0 Å². The molecule has 11 heterocycles. The molecule has 520 valence electrons. The zero-order chi connectivity index (χ0) is 72.2. The van der Waals surface area contributed by atoms with Gasteiger partial charge in [-0.2, -0.15) is 8.78 Å². The van der Waals surface area contributed by atoms with Gasteiger partial charge in [0.1, 0.15) is 51.9 Å². The van der Waals surface area contributed by atoms with Gasteiger partial charge in [0.15, 0.2) is 17.5 Å². The van der Waals surface area contributed by atoms with E-state index in [0.29, 0.717) is 52.8 Å². The molecular weight excluding hydrogens is 1300 g/mol. The average Bonchev–Trinajstić information content (AvgIpc) is 1.79. The molecule has 0 aliphatic rings. The summed E-state index contributed by atoms with van der Waals surface area (Å²) in [5.74, 6) is 6.30. The van der Waals surface area contributed by atoms with E-state index >= 15 is 0 Å². The van der Waals surface area contributed by atoms with Crippen molar-refractivity contribution in [1.29, 1.82) is 0 Å². The zero-order valence-corrected chi connectivity index (χ0v) is 65.2. The number of halogens is 6. The van der Waals surface area contributed by atoms with Crippen LogP contribution in [0.4, 0.5) is 26.3 Å². The van der Waals surface area contributed by atoms with Crippen molar-refractivity contribution in [2.75, 3.05) is 0 Å². The van der Waals surface area contributed by atoms with Crippen molar-refractivity contribution in [2.45, 2.75) is 224 Å². The first kappa shape index (κ1) is 85.8. The van der Waals surface area contributed by atoms with Gasteiger partial charge in [0.25, 0.3) is 12.0 Å². The molecular formula is C77H104F6O6S5. The first-order chi connectivity index (χ1) is 43.6. The lowest BCUT2D eigenvalue weighted by atomic mass is 10.0. The molecule has 94 heavy (non-hydrogen) atoms. The fourth-order valence-electron chi connectivity index (χ4n) is 8.03. The maximum atomic E-state index is 12.7. The molecule has 17 heteroatoms. The van der Waals surface area contributed by atoms with E-state index in [1.807, 2.05) is 106 Å². The summed E-state index contributed by atoms with van der Waals surface area (Å²) in [5.41, 5.74) is 16.0. The smallest absolute Gasteiger partial charge is 0.280 e. The second-order valence-corrected chi connectivity index (χ2v) is 29.1. The van der Waals surface area contributed by atoms with Gasteiger partial charge in [-0.3, -0.25) is 0 Å². The topological polar surface area (TPSA) is 78.8 Å². The Morgan fingerprint density at radius 3 is 0.809 bits per heavy atom. The van der Waals surface area contributed by atoms with Gasteiger partial charge in [-0.1, -0.05) is 55.4 Å². The van der Waals surface area contributed by atoms with E-state index < -0.39 is 17.8 Å². The van der Waals surface area contributed by atoms with Crippen LogP contribution in [0.25, 0.3) is 0 Å². The third kappa shape index (κ3) is 30.2. The van der Waals surface area contributed by atoms with E-state index in [0.717, 1.165) is 33.3 Å². The average molecular weight is 1400 g/mol. The van der Waals surface area contributed by atoms with Crippen molar-refractivity contribution in [3.05, 3.63) is 248 Å². The van der Waals surface area contributed by atoms with Crippen LogP contribution in [0.5, 0.6) is 0 Å². The lowest BCUT2D eigenvalue weighted by Crippen LogP contribution is -1.86. The monoisotopic (exact) mass is 1400 g/mol. The van der Waals surface area contributed by atoms with Gasteiger partial charge in [-0.15, -0.1) is 56.7 Å².